The van der Waals surface area contributed by atoms with Gasteiger partial charge >= 0.3 is 5.97 Å². The lowest BCUT2D eigenvalue weighted by molar-refractivity contribution is 0.0596. The molecule has 0 radical (unpaired) electrons. The molecule has 2 aromatic rings. The fraction of sp³-hybridized carbons (Fsp3) is 0.308. The predicted molar refractivity (Wildman–Crippen MR) is 79.1 cm³/mol. The first-order valence-electron chi connectivity index (χ1n) is 6.32. The Kier molecular flexibility index (Phi) is 4.18. The lowest BCUT2D eigenvalue weighted by Gasteiger charge is -2.19. The molecule has 0 spiro atoms. The van der Waals surface area contributed by atoms with E-state index in [-0.39, 0.29) is 16.4 Å². The first-order valence-corrected chi connectivity index (χ1v) is 7.76. The van der Waals surface area contributed by atoms with Gasteiger partial charge in [0, 0.05) is 19.8 Å². The molecule has 2 heterocycles. The quantitative estimate of drug-likeness (QED) is 0.770. The minimum atomic E-state index is -4.01. The lowest BCUT2D eigenvalue weighted by atomic mass is 10.4. The predicted octanol–water partition coefficient (Wildman–Crippen LogP) is 0.735. The van der Waals surface area contributed by atoms with Crippen molar-refractivity contribution in [3.05, 3.63) is 35.7 Å². The highest BCUT2D eigenvalue weighted by atomic mass is 32.2. The number of aromatic nitrogens is 3. The highest BCUT2D eigenvalue weighted by Crippen LogP contribution is 2.23. The number of methoxy groups -OCH3 is 1. The third kappa shape index (κ3) is 2.67. The molecule has 0 saturated carbocycles. The first kappa shape index (κ1) is 16.0. The molecule has 0 atom stereocenters. The van der Waals surface area contributed by atoms with Crippen molar-refractivity contribution in [1.29, 1.82) is 0 Å². The second kappa shape index (κ2) is 5.76. The van der Waals surface area contributed by atoms with Crippen LogP contribution in [-0.2, 0) is 21.8 Å². The maximum Gasteiger partial charge on any atom is 0.342 e. The van der Waals surface area contributed by atoms with Gasteiger partial charge in [0.05, 0.1) is 13.3 Å². The highest BCUT2D eigenvalue weighted by Gasteiger charge is 2.32. The fourth-order valence-electron chi connectivity index (χ4n) is 1.94. The van der Waals surface area contributed by atoms with Crippen molar-refractivity contribution >= 4 is 21.8 Å². The van der Waals surface area contributed by atoms with Crippen molar-refractivity contribution < 1.29 is 17.9 Å². The van der Waals surface area contributed by atoms with E-state index in [1.807, 2.05) is 0 Å². The number of pyridine rings is 1. The molecular formula is C13H16N4O4S. The van der Waals surface area contributed by atoms with E-state index in [4.69, 9.17) is 0 Å². The molecule has 9 heteroatoms. The van der Waals surface area contributed by atoms with Crippen molar-refractivity contribution in [2.75, 3.05) is 18.5 Å². The minimum Gasteiger partial charge on any atom is -0.465 e. The second-order valence-corrected chi connectivity index (χ2v) is 6.47. The molecule has 0 aliphatic rings. The van der Waals surface area contributed by atoms with Crippen LogP contribution in [0.5, 0.6) is 0 Å². The average molecular weight is 324 g/mol. The van der Waals surface area contributed by atoms with Crippen LogP contribution in [0.3, 0.4) is 0 Å². The van der Waals surface area contributed by atoms with Crippen LogP contribution < -0.4 is 4.31 Å². The van der Waals surface area contributed by atoms with Gasteiger partial charge in [-0.25, -0.2) is 9.78 Å². The number of rotatable bonds is 4. The molecular weight excluding hydrogens is 308 g/mol. The summed E-state index contributed by atoms with van der Waals surface area (Å²) >= 11 is 0. The van der Waals surface area contributed by atoms with Crippen LogP contribution in [0.4, 0.5) is 5.82 Å². The fourth-order valence-corrected chi connectivity index (χ4v) is 3.34. The number of carbonyl (C=O) groups excluding carboxylic acids is 1. The number of hydrogen-bond donors (Lipinski definition) is 0. The van der Waals surface area contributed by atoms with E-state index in [0.29, 0.717) is 5.69 Å². The van der Waals surface area contributed by atoms with Crippen molar-refractivity contribution in [3.8, 4) is 0 Å². The molecule has 2 aromatic heterocycles. The molecule has 0 saturated heterocycles. The summed E-state index contributed by atoms with van der Waals surface area (Å²) in [5, 5.41) is 3.59. The van der Waals surface area contributed by atoms with Crippen LogP contribution in [-0.4, -0.2) is 43.3 Å². The molecule has 0 unspecified atom stereocenters. The monoisotopic (exact) mass is 324 g/mol. The van der Waals surface area contributed by atoms with Gasteiger partial charge in [-0.2, -0.15) is 13.5 Å². The summed E-state index contributed by atoms with van der Waals surface area (Å²) in [5.74, 6) is -0.519. The van der Waals surface area contributed by atoms with E-state index in [0.717, 1.165) is 15.2 Å². The summed E-state index contributed by atoms with van der Waals surface area (Å²) < 4.78 is 32.3. The maximum absolute atomic E-state index is 12.8. The van der Waals surface area contributed by atoms with Crippen LogP contribution in [0.2, 0.25) is 0 Å². The zero-order valence-corrected chi connectivity index (χ0v) is 13.5. The van der Waals surface area contributed by atoms with E-state index in [1.165, 1.54) is 21.2 Å². The minimum absolute atomic E-state index is 0.121. The lowest BCUT2D eigenvalue weighted by Crippen LogP contribution is -2.30. The van der Waals surface area contributed by atoms with Gasteiger partial charge in [-0.3, -0.25) is 8.99 Å². The van der Waals surface area contributed by atoms with Gasteiger partial charge in [0.25, 0.3) is 10.0 Å². The topological polar surface area (TPSA) is 94.4 Å². The summed E-state index contributed by atoms with van der Waals surface area (Å²) in [5.41, 5.74) is 0.558. The average Bonchev–Trinajstić information content (AvgIpc) is 2.88. The van der Waals surface area contributed by atoms with Crippen LogP contribution in [0.15, 0.2) is 29.4 Å². The summed E-state index contributed by atoms with van der Waals surface area (Å²) in [4.78, 5) is 15.9. The number of carbonyl (C=O) groups is 1. The molecule has 118 valence electrons. The van der Waals surface area contributed by atoms with E-state index in [2.05, 4.69) is 14.8 Å². The normalized spacial score (nSPS) is 11.3. The van der Waals surface area contributed by atoms with Gasteiger partial charge in [0.2, 0.25) is 0 Å². The SMILES string of the molecule is COC(=O)c1cnn(C)c1S(=O)(=O)N(C)c1cccc(C)n1. The molecule has 0 aliphatic heterocycles. The van der Waals surface area contributed by atoms with Crippen LogP contribution in [0, 0.1) is 6.92 Å². The molecule has 0 fully saturated rings. The van der Waals surface area contributed by atoms with E-state index in [1.54, 1.807) is 25.1 Å². The Balaban J connectivity index is 2.56. The van der Waals surface area contributed by atoms with Gasteiger partial charge in [0.1, 0.15) is 11.4 Å². The largest absolute Gasteiger partial charge is 0.465 e. The Morgan fingerprint density at radius 2 is 2.05 bits per heavy atom. The zero-order chi connectivity index (χ0) is 16.5. The number of anilines is 1. The van der Waals surface area contributed by atoms with Crippen LogP contribution in [0.1, 0.15) is 16.1 Å². The molecule has 0 aromatic carbocycles. The molecule has 22 heavy (non-hydrogen) atoms. The Morgan fingerprint density at radius 1 is 1.36 bits per heavy atom. The molecule has 2 rings (SSSR count). The Morgan fingerprint density at radius 3 is 2.64 bits per heavy atom. The first-order chi connectivity index (χ1) is 10.3. The summed E-state index contributed by atoms with van der Waals surface area (Å²) in [6.45, 7) is 1.76. The standard InChI is InChI=1S/C13H16N4O4S/c1-9-6-5-7-11(15-9)17(3)22(19,20)12-10(13(18)21-4)8-14-16(12)2/h5-8H,1-4H3. The van der Waals surface area contributed by atoms with E-state index in [9.17, 15) is 13.2 Å². The number of ether oxygens (including phenoxy) is 1. The van der Waals surface area contributed by atoms with Gasteiger partial charge in [-0.15, -0.1) is 0 Å². The van der Waals surface area contributed by atoms with Crippen LogP contribution in [0.25, 0.3) is 0 Å². The Bertz CT molecular complexity index is 813. The van der Waals surface area contributed by atoms with E-state index >= 15 is 0 Å². The third-order valence-electron chi connectivity index (χ3n) is 3.09. The van der Waals surface area contributed by atoms with Gasteiger partial charge in [-0.1, -0.05) is 6.07 Å². The Labute approximate surface area is 128 Å². The number of sulfonamides is 1. The van der Waals surface area contributed by atoms with Crippen molar-refractivity contribution in [2.45, 2.75) is 11.9 Å². The molecule has 0 N–H and O–H groups in total. The third-order valence-corrected chi connectivity index (χ3v) is 4.97. The highest BCUT2D eigenvalue weighted by molar-refractivity contribution is 7.92. The smallest absolute Gasteiger partial charge is 0.342 e. The number of nitrogens with zero attached hydrogens (tertiary/aromatic N) is 4. The van der Waals surface area contributed by atoms with Gasteiger partial charge in [-0.05, 0) is 19.1 Å². The maximum atomic E-state index is 12.8. The van der Waals surface area contributed by atoms with Gasteiger partial charge in [0.15, 0.2) is 5.03 Å². The van der Waals surface area contributed by atoms with E-state index < -0.39 is 16.0 Å². The zero-order valence-electron chi connectivity index (χ0n) is 12.6. The number of aryl methyl sites for hydroxylation is 2. The van der Waals surface area contributed by atoms with Crippen molar-refractivity contribution in [2.24, 2.45) is 7.05 Å². The second-order valence-electron chi connectivity index (χ2n) is 4.59. The van der Waals surface area contributed by atoms with Gasteiger partial charge < -0.3 is 4.74 Å². The summed E-state index contributed by atoms with van der Waals surface area (Å²) in [7, 11) is -0.0258. The molecule has 0 bridgehead atoms. The molecule has 8 nitrogen and oxygen atoms in total. The Hall–Kier alpha value is -2.42. The van der Waals surface area contributed by atoms with Crippen LogP contribution >= 0.6 is 0 Å². The van der Waals surface area contributed by atoms with Crippen molar-refractivity contribution in [3.63, 3.8) is 0 Å². The number of esters is 1. The van der Waals surface area contributed by atoms with Crippen molar-refractivity contribution in [1.82, 2.24) is 14.8 Å². The summed E-state index contributed by atoms with van der Waals surface area (Å²) in [6, 6.07) is 5.03. The molecule has 0 amide bonds. The molecule has 0 aliphatic carbocycles. The summed E-state index contributed by atoms with van der Waals surface area (Å²) in [6.07, 6.45) is 1.16. The number of hydrogen-bond acceptors (Lipinski definition) is 6.